The minimum Gasteiger partial charge on any atom is -0.467 e. The van der Waals surface area contributed by atoms with Gasteiger partial charge in [0.2, 0.25) is 0 Å². The van der Waals surface area contributed by atoms with Crippen LogP contribution in [0.15, 0.2) is 22.8 Å². The minimum absolute atomic E-state index is 0.00742. The molecule has 0 N–H and O–H groups in total. The van der Waals surface area contributed by atoms with Gasteiger partial charge in [0.05, 0.1) is 37.0 Å². The van der Waals surface area contributed by atoms with Gasteiger partial charge in [-0.05, 0) is 25.5 Å². The van der Waals surface area contributed by atoms with Crippen molar-refractivity contribution in [2.24, 2.45) is 0 Å². The first kappa shape index (κ1) is 13.9. The summed E-state index contributed by atoms with van der Waals surface area (Å²) in [5.41, 5.74) is 0. The summed E-state index contributed by atoms with van der Waals surface area (Å²) in [4.78, 5) is 13.4. The number of hydrogen-bond donors (Lipinski definition) is 0. The number of hydrogen-bond acceptors (Lipinski definition) is 5. The van der Waals surface area contributed by atoms with E-state index in [0.29, 0.717) is 12.2 Å². The average molecular weight is 287 g/mol. The molecule has 2 heterocycles. The fourth-order valence-electron chi connectivity index (χ4n) is 2.14. The van der Waals surface area contributed by atoms with Crippen LogP contribution in [-0.2, 0) is 21.1 Å². The Bertz CT molecular complexity index is 522. The lowest BCUT2D eigenvalue weighted by Crippen LogP contribution is -2.40. The molecule has 1 saturated heterocycles. The topological polar surface area (TPSA) is 76.8 Å². The molecule has 0 radical (unpaired) electrons. The Morgan fingerprint density at radius 2 is 2.37 bits per heavy atom. The highest BCUT2D eigenvalue weighted by molar-refractivity contribution is 7.91. The third-order valence-corrected chi connectivity index (χ3v) is 4.81. The molecule has 106 valence electrons. The van der Waals surface area contributed by atoms with Crippen molar-refractivity contribution < 1.29 is 22.4 Å². The largest absolute Gasteiger partial charge is 0.467 e. The molecule has 0 spiro atoms. The Balaban J connectivity index is 2.12. The molecule has 0 aliphatic carbocycles. The van der Waals surface area contributed by atoms with E-state index in [1.54, 1.807) is 19.1 Å². The van der Waals surface area contributed by atoms with Crippen molar-refractivity contribution in [3.63, 3.8) is 0 Å². The number of furan rings is 1. The molecule has 1 aliphatic heterocycles. The van der Waals surface area contributed by atoms with E-state index >= 15 is 0 Å². The van der Waals surface area contributed by atoms with Crippen LogP contribution in [0.25, 0.3) is 0 Å². The Hall–Kier alpha value is -1.50. The van der Waals surface area contributed by atoms with Gasteiger partial charge in [0.1, 0.15) is 5.76 Å². The van der Waals surface area contributed by atoms with Crippen LogP contribution in [0.5, 0.6) is 0 Å². The molecule has 1 unspecified atom stereocenters. The molecular formula is C12H17NO5S. The monoisotopic (exact) mass is 287 g/mol. The van der Waals surface area contributed by atoms with E-state index in [-0.39, 0.29) is 30.7 Å². The number of nitrogens with zero attached hydrogens (tertiary/aromatic N) is 1. The van der Waals surface area contributed by atoms with Gasteiger partial charge < -0.3 is 9.15 Å². The van der Waals surface area contributed by atoms with Crippen LogP contribution in [0.3, 0.4) is 0 Å². The predicted octanol–water partition coefficient (Wildman–Crippen LogP) is 1.43. The summed E-state index contributed by atoms with van der Waals surface area (Å²) in [6.45, 7) is 2.20. The van der Waals surface area contributed by atoms with Gasteiger partial charge in [0, 0.05) is 0 Å². The first-order valence-electron chi connectivity index (χ1n) is 6.18. The molecule has 0 aromatic carbocycles. The van der Waals surface area contributed by atoms with Gasteiger partial charge in [-0.1, -0.05) is 0 Å². The lowest BCUT2D eigenvalue weighted by atomic mass is 10.2. The summed E-state index contributed by atoms with van der Waals surface area (Å²) in [5, 5.41) is 0. The molecule has 1 atom stereocenters. The van der Waals surface area contributed by atoms with E-state index in [2.05, 4.69) is 0 Å². The van der Waals surface area contributed by atoms with Crippen LogP contribution in [-0.4, -0.2) is 43.6 Å². The molecule has 1 aromatic heterocycles. The Labute approximate surface area is 112 Å². The molecule has 6 nitrogen and oxygen atoms in total. The minimum atomic E-state index is -3.05. The maximum Gasteiger partial charge on any atom is 0.410 e. The van der Waals surface area contributed by atoms with Crippen molar-refractivity contribution in [2.75, 3.05) is 18.1 Å². The summed E-state index contributed by atoms with van der Waals surface area (Å²) in [6, 6.07) is 3.13. The molecule has 1 aliphatic rings. The number of amides is 1. The molecule has 1 aromatic rings. The highest BCUT2D eigenvalue weighted by Crippen LogP contribution is 2.21. The fraction of sp³-hybridized carbons (Fsp3) is 0.583. The van der Waals surface area contributed by atoms with Crippen molar-refractivity contribution in [1.82, 2.24) is 4.90 Å². The first-order valence-corrected chi connectivity index (χ1v) is 8.00. The molecular weight excluding hydrogens is 270 g/mol. The van der Waals surface area contributed by atoms with Crippen LogP contribution in [0.1, 0.15) is 19.1 Å². The standard InChI is InChI=1S/C12H17NO5S/c1-2-17-12(14)13(8-11-4-3-6-18-11)10-5-7-19(15,16)9-10/h3-4,6,10H,2,5,7-9H2,1H3. The van der Waals surface area contributed by atoms with E-state index in [1.807, 2.05) is 0 Å². The second-order valence-electron chi connectivity index (χ2n) is 4.46. The molecule has 2 rings (SSSR count). The fourth-order valence-corrected chi connectivity index (χ4v) is 3.87. The molecule has 0 bridgehead atoms. The lowest BCUT2D eigenvalue weighted by molar-refractivity contribution is 0.0877. The van der Waals surface area contributed by atoms with Crippen molar-refractivity contribution in [1.29, 1.82) is 0 Å². The predicted molar refractivity (Wildman–Crippen MR) is 68.3 cm³/mol. The third-order valence-electron chi connectivity index (χ3n) is 3.06. The number of carbonyl (C=O) groups excluding carboxylic acids is 1. The van der Waals surface area contributed by atoms with Crippen LogP contribution in [0.2, 0.25) is 0 Å². The summed E-state index contributed by atoms with van der Waals surface area (Å²) in [5.74, 6) is 0.718. The number of sulfone groups is 1. The van der Waals surface area contributed by atoms with E-state index in [9.17, 15) is 13.2 Å². The van der Waals surface area contributed by atoms with Gasteiger partial charge in [-0.3, -0.25) is 4.90 Å². The highest BCUT2D eigenvalue weighted by atomic mass is 32.2. The van der Waals surface area contributed by atoms with Crippen molar-refractivity contribution >= 4 is 15.9 Å². The van der Waals surface area contributed by atoms with Gasteiger partial charge in [0.25, 0.3) is 0 Å². The van der Waals surface area contributed by atoms with E-state index in [1.165, 1.54) is 11.2 Å². The zero-order valence-electron chi connectivity index (χ0n) is 10.7. The molecule has 19 heavy (non-hydrogen) atoms. The van der Waals surface area contributed by atoms with Crippen molar-refractivity contribution in [3.05, 3.63) is 24.2 Å². The second-order valence-corrected chi connectivity index (χ2v) is 6.69. The van der Waals surface area contributed by atoms with Gasteiger partial charge in [-0.2, -0.15) is 0 Å². The van der Waals surface area contributed by atoms with Crippen molar-refractivity contribution in [2.45, 2.75) is 25.9 Å². The van der Waals surface area contributed by atoms with Crippen LogP contribution < -0.4 is 0 Å². The lowest BCUT2D eigenvalue weighted by Gasteiger charge is -2.26. The number of carbonyl (C=O) groups is 1. The smallest absolute Gasteiger partial charge is 0.410 e. The maximum absolute atomic E-state index is 11.9. The van der Waals surface area contributed by atoms with Gasteiger partial charge >= 0.3 is 6.09 Å². The van der Waals surface area contributed by atoms with Gasteiger partial charge in [-0.25, -0.2) is 13.2 Å². The highest BCUT2D eigenvalue weighted by Gasteiger charge is 2.35. The van der Waals surface area contributed by atoms with E-state index in [4.69, 9.17) is 9.15 Å². The third kappa shape index (κ3) is 3.50. The Kier molecular flexibility index (Phi) is 4.14. The summed E-state index contributed by atoms with van der Waals surface area (Å²) < 4.78 is 33.2. The first-order chi connectivity index (χ1) is 9.02. The SMILES string of the molecule is CCOC(=O)N(Cc1ccco1)C1CCS(=O)(=O)C1. The number of ether oxygens (including phenoxy) is 1. The molecule has 0 saturated carbocycles. The number of rotatable bonds is 4. The molecule has 1 fully saturated rings. The maximum atomic E-state index is 11.9. The van der Waals surface area contributed by atoms with Gasteiger partial charge in [0.15, 0.2) is 9.84 Å². The molecule has 7 heteroatoms. The van der Waals surface area contributed by atoms with Crippen LogP contribution in [0.4, 0.5) is 4.79 Å². The average Bonchev–Trinajstić information content (AvgIpc) is 2.95. The van der Waals surface area contributed by atoms with E-state index < -0.39 is 15.9 Å². The van der Waals surface area contributed by atoms with Crippen molar-refractivity contribution in [3.8, 4) is 0 Å². The molecule has 1 amide bonds. The van der Waals surface area contributed by atoms with E-state index in [0.717, 1.165) is 0 Å². The normalized spacial score (nSPS) is 21.2. The summed E-state index contributed by atoms with van der Waals surface area (Å²) in [6.07, 6.45) is 1.47. The zero-order chi connectivity index (χ0) is 13.9. The summed E-state index contributed by atoms with van der Waals surface area (Å²) in [7, 11) is -3.05. The summed E-state index contributed by atoms with van der Waals surface area (Å²) >= 11 is 0. The Morgan fingerprint density at radius 3 is 2.89 bits per heavy atom. The van der Waals surface area contributed by atoms with Gasteiger partial charge in [-0.15, -0.1) is 0 Å². The van der Waals surface area contributed by atoms with Crippen LogP contribution in [0, 0.1) is 0 Å². The van der Waals surface area contributed by atoms with Crippen LogP contribution >= 0.6 is 0 Å². The second kappa shape index (κ2) is 5.64. The zero-order valence-corrected chi connectivity index (χ0v) is 11.6. The quantitative estimate of drug-likeness (QED) is 0.837. The Morgan fingerprint density at radius 1 is 1.58 bits per heavy atom.